The molecule has 1 saturated carbocycles. The minimum Gasteiger partial charge on any atom is -0.396 e. The van der Waals surface area contributed by atoms with Gasteiger partial charge in [0.15, 0.2) is 5.96 Å². The average molecular weight is 455 g/mol. The summed E-state index contributed by atoms with van der Waals surface area (Å²) in [5, 5.41) is 16.2. The number of halogens is 1. The van der Waals surface area contributed by atoms with E-state index in [1.807, 2.05) is 7.05 Å². The molecule has 3 N–H and O–H groups in total. The van der Waals surface area contributed by atoms with Crippen molar-refractivity contribution in [2.45, 2.75) is 38.5 Å². The first kappa shape index (κ1) is 21.9. The predicted octanol–water partition coefficient (Wildman–Crippen LogP) is 1.77. The fourth-order valence-corrected chi connectivity index (χ4v) is 3.59. The minimum absolute atomic E-state index is 0. The van der Waals surface area contributed by atoms with Gasteiger partial charge in [0.2, 0.25) is 0 Å². The van der Waals surface area contributed by atoms with Crippen LogP contribution in [-0.4, -0.2) is 64.7 Å². The van der Waals surface area contributed by atoms with E-state index in [2.05, 4.69) is 15.6 Å². The molecule has 1 saturated heterocycles. The lowest BCUT2D eigenvalue weighted by molar-refractivity contribution is 0.0731. The van der Waals surface area contributed by atoms with Gasteiger partial charge in [-0.2, -0.15) is 0 Å². The van der Waals surface area contributed by atoms with E-state index in [1.165, 1.54) is 19.3 Å². The van der Waals surface area contributed by atoms with Crippen LogP contribution in [0.15, 0.2) is 4.99 Å². The number of nitrogens with one attached hydrogen (secondary N) is 2. The van der Waals surface area contributed by atoms with Gasteiger partial charge in [-0.05, 0) is 37.5 Å². The predicted molar refractivity (Wildman–Crippen MR) is 107 cm³/mol. The summed E-state index contributed by atoms with van der Waals surface area (Å²) in [5.41, 5.74) is 0.406. The van der Waals surface area contributed by atoms with Crippen LogP contribution < -0.4 is 10.6 Å². The Hall–Kier alpha value is -0.120. The van der Waals surface area contributed by atoms with Crippen LogP contribution in [0.4, 0.5) is 0 Å². The summed E-state index contributed by atoms with van der Waals surface area (Å²) in [6, 6.07) is 0. The zero-order chi connectivity index (χ0) is 16.6. The SMILES string of the molecule is CN=C(NCC1(CCOC)CCC1)NCC1(CCO)CCOC1.I. The Labute approximate surface area is 163 Å². The van der Waals surface area contributed by atoms with Crippen LogP contribution in [0.25, 0.3) is 0 Å². The molecule has 0 spiro atoms. The fraction of sp³-hybridized carbons (Fsp3) is 0.941. The van der Waals surface area contributed by atoms with Gasteiger partial charge in [-0.15, -0.1) is 24.0 Å². The normalized spacial score (nSPS) is 25.7. The number of hydrogen-bond donors (Lipinski definition) is 3. The van der Waals surface area contributed by atoms with E-state index < -0.39 is 0 Å². The Morgan fingerprint density at radius 2 is 1.88 bits per heavy atom. The van der Waals surface area contributed by atoms with Gasteiger partial charge in [-0.25, -0.2) is 0 Å². The number of aliphatic imine (C=N–C) groups is 1. The van der Waals surface area contributed by atoms with Gasteiger partial charge in [0.05, 0.1) is 6.61 Å². The second-order valence-corrected chi connectivity index (χ2v) is 7.15. The minimum atomic E-state index is 0. The van der Waals surface area contributed by atoms with Crippen molar-refractivity contribution in [3.8, 4) is 0 Å². The lowest BCUT2D eigenvalue weighted by atomic mass is 9.67. The molecule has 0 bridgehead atoms. The van der Waals surface area contributed by atoms with Crippen molar-refractivity contribution in [2.75, 3.05) is 53.7 Å². The third-order valence-electron chi connectivity index (χ3n) is 5.56. The van der Waals surface area contributed by atoms with E-state index in [1.54, 1.807) is 7.11 Å². The Bertz CT molecular complexity index is 383. The number of guanidine groups is 1. The summed E-state index contributed by atoms with van der Waals surface area (Å²) in [7, 11) is 3.58. The van der Waals surface area contributed by atoms with Crippen LogP contribution in [0.5, 0.6) is 0 Å². The van der Waals surface area contributed by atoms with Gasteiger partial charge in [-0.3, -0.25) is 4.99 Å². The molecule has 142 valence electrons. The summed E-state index contributed by atoms with van der Waals surface area (Å²) in [4.78, 5) is 4.34. The van der Waals surface area contributed by atoms with E-state index in [0.717, 1.165) is 58.1 Å². The van der Waals surface area contributed by atoms with Crippen LogP contribution in [-0.2, 0) is 9.47 Å². The van der Waals surface area contributed by atoms with Crippen LogP contribution in [0, 0.1) is 10.8 Å². The Morgan fingerprint density at radius 3 is 2.33 bits per heavy atom. The molecular formula is C17H34IN3O3. The molecule has 0 amide bonds. The molecular weight excluding hydrogens is 421 g/mol. The smallest absolute Gasteiger partial charge is 0.191 e. The summed E-state index contributed by atoms with van der Waals surface area (Å²) in [6.07, 6.45) is 6.72. The Morgan fingerprint density at radius 1 is 1.17 bits per heavy atom. The van der Waals surface area contributed by atoms with Crippen molar-refractivity contribution in [3.63, 3.8) is 0 Å². The summed E-state index contributed by atoms with van der Waals surface area (Å²) < 4.78 is 10.8. The lowest BCUT2D eigenvalue weighted by Crippen LogP contribution is -2.49. The lowest BCUT2D eigenvalue weighted by Gasteiger charge is -2.42. The molecule has 1 heterocycles. The molecule has 6 nitrogen and oxygen atoms in total. The fourth-order valence-electron chi connectivity index (χ4n) is 3.59. The Kier molecular flexibility index (Phi) is 9.84. The molecule has 0 aromatic rings. The molecule has 1 aliphatic heterocycles. The summed E-state index contributed by atoms with van der Waals surface area (Å²) in [5.74, 6) is 0.845. The van der Waals surface area contributed by atoms with Crippen LogP contribution in [0.3, 0.4) is 0 Å². The maximum atomic E-state index is 9.31. The largest absolute Gasteiger partial charge is 0.396 e. The highest BCUT2D eigenvalue weighted by Gasteiger charge is 2.37. The van der Waals surface area contributed by atoms with Crippen molar-refractivity contribution in [3.05, 3.63) is 0 Å². The van der Waals surface area contributed by atoms with Crippen molar-refractivity contribution in [1.29, 1.82) is 0 Å². The summed E-state index contributed by atoms with van der Waals surface area (Å²) >= 11 is 0. The molecule has 1 unspecified atom stereocenters. The molecule has 7 heteroatoms. The first-order valence-corrected chi connectivity index (χ1v) is 8.80. The van der Waals surface area contributed by atoms with Gasteiger partial charge < -0.3 is 25.2 Å². The second kappa shape index (κ2) is 10.8. The van der Waals surface area contributed by atoms with Crippen LogP contribution >= 0.6 is 24.0 Å². The Balaban J connectivity index is 0.00000288. The highest BCUT2D eigenvalue weighted by molar-refractivity contribution is 14.0. The van der Waals surface area contributed by atoms with Gasteiger partial charge in [0.25, 0.3) is 0 Å². The van der Waals surface area contributed by atoms with Gasteiger partial charge >= 0.3 is 0 Å². The molecule has 1 aliphatic carbocycles. The zero-order valence-electron chi connectivity index (χ0n) is 15.1. The third-order valence-corrected chi connectivity index (χ3v) is 5.56. The number of hydrogen-bond acceptors (Lipinski definition) is 4. The van der Waals surface area contributed by atoms with E-state index in [9.17, 15) is 5.11 Å². The third kappa shape index (κ3) is 6.00. The van der Waals surface area contributed by atoms with E-state index in [4.69, 9.17) is 9.47 Å². The second-order valence-electron chi connectivity index (χ2n) is 7.15. The molecule has 1 atom stereocenters. The average Bonchev–Trinajstić information content (AvgIpc) is 2.98. The number of rotatable bonds is 9. The number of aliphatic hydroxyl groups excluding tert-OH is 1. The van der Waals surface area contributed by atoms with Gasteiger partial charge in [0.1, 0.15) is 0 Å². The quantitative estimate of drug-likeness (QED) is 0.281. The summed E-state index contributed by atoms with van der Waals surface area (Å²) in [6.45, 7) is 4.27. The molecule has 24 heavy (non-hydrogen) atoms. The van der Waals surface area contributed by atoms with Gasteiger partial charge in [-0.1, -0.05) is 6.42 Å². The highest BCUT2D eigenvalue weighted by Crippen LogP contribution is 2.43. The monoisotopic (exact) mass is 455 g/mol. The first-order chi connectivity index (χ1) is 11.2. The highest BCUT2D eigenvalue weighted by atomic mass is 127. The first-order valence-electron chi connectivity index (χ1n) is 8.80. The molecule has 2 rings (SSSR count). The molecule has 2 aliphatic rings. The topological polar surface area (TPSA) is 75.1 Å². The molecule has 0 radical (unpaired) electrons. The van der Waals surface area contributed by atoms with Crippen LogP contribution in [0.1, 0.15) is 38.5 Å². The van der Waals surface area contributed by atoms with Crippen molar-refractivity contribution in [2.24, 2.45) is 15.8 Å². The van der Waals surface area contributed by atoms with Crippen molar-refractivity contribution < 1.29 is 14.6 Å². The molecule has 0 aromatic heterocycles. The standard InChI is InChI=1S/C17H33N3O3.HI/c1-18-15(19-12-16(4-3-5-16)7-10-22-2)20-13-17(6-9-21)8-11-23-14-17;/h21H,3-14H2,1-2H3,(H2,18,19,20);1H. The zero-order valence-corrected chi connectivity index (χ0v) is 17.4. The number of methoxy groups -OCH3 is 1. The number of aliphatic hydroxyl groups is 1. The van der Waals surface area contributed by atoms with E-state index in [-0.39, 0.29) is 36.0 Å². The molecule has 2 fully saturated rings. The van der Waals surface area contributed by atoms with Crippen LogP contribution in [0.2, 0.25) is 0 Å². The molecule has 0 aromatic carbocycles. The number of nitrogens with zero attached hydrogens (tertiary/aromatic N) is 1. The maximum absolute atomic E-state index is 9.31. The van der Waals surface area contributed by atoms with Gasteiger partial charge in [0, 0.05) is 52.5 Å². The van der Waals surface area contributed by atoms with Crippen molar-refractivity contribution >= 4 is 29.9 Å². The van der Waals surface area contributed by atoms with Crippen molar-refractivity contribution in [1.82, 2.24) is 10.6 Å². The van der Waals surface area contributed by atoms with E-state index >= 15 is 0 Å². The van der Waals surface area contributed by atoms with E-state index in [0.29, 0.717) is 5.41 Å². The maximum Gasteiger partial charge on any atom is 0.191 e. The number of ether oxygens (including phenoxy) is 2.